The van der Waals surface area contributed by atoms with E-state index < -0.39 is 0 Å². The van der Waals surface area contributed by atoms with Crippen LogP contribution >= 0.6 is 23.1 Å². The molecule has 148 valence electrons. The number of benzene rings is 1. The topological polar surface area (TPSA) is 55.2 Å². The van der Waals surface area contributed by atoms with Crippen LogP contribution in [-0.4, -0.2) is 32.7 Å². The second kappa shape index (κ2) is 9.39. The molecule has 1 aromatic carbocycles. The number of amides is 1. The first-order valence-electron chi connectivity index (χ1n) is 9.49. The van der Waals surface area contributed by atoms with Crippen LogP contribution in [0.1, 0.15) is 38.8 Å². The van der Waals surface area contributed by atoms with Crippen molar-refractivity contribution in [1.82, 2.24) is 14.5 Å². The molecule has 1 unspecified atom stereocenters. The molecule has 0 radical (unpaired) electrons. The molecule has 1 amide bonds. The van der Waals surface area contributed by atoms with Crippen molar-refractivity contribution in [3.05, 3.63) is 57.7 Å². The van der Waals surface area contributed by atoms with E-state index in [-0.39, 0.29) is 23.3 Å². The highest BCUT2D eigenvalue weighted by Crippen LogP contribution is 2.24. The van der Waals surface area contributed by atoms with Crippen molar-refractivity contribution in [2.24, 2.45) is 0 Å². The number of fused-ring (bicyclic) bond motifs is 1. The van der Waals surface area contributed by atoms with Crippen LogP contribution in [0, 0.1) is 0 Å². The van der Waals surface area contributed by atoms with Crippen LogP contribution in [0.2, 0.25) is 0 Å². The van der Waals surface area contributed by atoms with Gasteiger partial charge < -0.3 is 4.90 Å². The highest BCUT2D eigenvalue weighted by atomic mass is 32.2. The summed E-state index contributed by atoms with van der Waals surface area (Å²) < 4.78 is 2.42. The first-order chi connectivity index (χ1) is 13.5. The van der Waals surface area contributed by atoms with Gasteiger partial charge in [-0.25, -0.2) is 4.98 Å². The van der Waals surface area contributed by atoms with Gasteiger partial charge in [-0.2, -0.15) is 0 Å². The summed E-state index contributed by atoms with van der Waals surface area (Å²) in [5, 5.41) is 2.51. The third-order valence-corrected chi connectivity index (χ3v) is 6.62. The van der Waals surface area contributed by atoms with Crippen molar-refractivity contribution < 1.29 is 4.79 Å². The number of rotatable bonds is 8. The van der Waals surface area contributed by atoms with E-state index in [1.807, 2.05) is 67.4 Å². The van der Waals surface area contributed by atoms with Crippen LogP contribution in [0.15, 0.2) is 51.7 Å². The van der Waals surface area contributed by atoms with E-state index in [4.69, 9.17) is 0 Å². The van der Waals surface area contributed by atoms with Crippen LogP contribution in [0.3, 0.4) is 0 Å². The third-order valence-electron chi connectivity index (χ3n) is 4.79. The lowest BCUT2D eigenvalue weighted by molar-refractivity contribution is -0.128. The maximum atomic E-state index is 12.9. The standard InChI is InChI=1S/C21H25N3O2S2/c1-4-15(3)24-20(26)19-17(11-12-27-19)22-21(24)28-14-18(25)23(5-2)13-16-9-7-6-8-10-16/h6-12,15H,4-5,13-14H2,1-3H3. The Balaban J connectivity index is 1.80. The molecule has 7 heteroatoms. The van der Waals surface area contributed by atoms with E-state index >= 15 is 0 Å². The zero-order valence-electron chi connectivity index (χ0n) is 16.4. The average molecular weight is 416 g/mol. The van der Waals surface area contributed by atoms with Gasteiger partial charge in [0.25, 0.3) is 5.56 Å². The summed E-state index contributed by atoms with van der Waals surface area (Å²) in [5.74, 6) is 0.311. The van der Waals surface area contributed by atoms with Gasteiger partial charge in [-0.3, -0.25) is 14.2 Å². The maximum Gasteiger partial charge on any atom is 0.272 e. The second-order valence-corrected chi connectivity index (χ2v) is 8.50. The number of nitrogens with zero attached hydrogens (tertiary/aromatic N) is 3. The fourth-order valence-corrected chi connectivity index (χ4v) is 4.74. The molecule has 0 fully saturated rings. The van der Waals surface area contributed by atoms with Gasteiger partial charge in [0.1, 0.15) is 4.70 Å². The Hall–Kier alpha value is -2.12. The molecule has 0 aliphatic heterocycles. The molecule has 0 aliphatic carbocycles. The van der Waals surface area contributed by atoms with Crippen molar-refractivity contribution in [1.29, 1.82) is 0 Å². The van der Waals surface area contributed by atoms with E-state index in [0.717, 1.165) is 12.0 Å². The molecule has 0 spiro atoms. The van der Waals surface area contributed by atoms with Crippen LogP contribution < -0.4 is 5.56 Å². The first-order valence-corrected chi connectivity index (χ1v) is 11.4. The van der Waals surface area contributed by atoms with Crippen molar-refractivity contribution >= 4 is 39.2 Å². The number of hydrogen-bond acceptors (Lipinski definition) is 5. The van der Waals surface area contributed by atoms with E-state index in [1.165, 1.54) is 23.1 Å². The van der Waals surface area contributed by atoms with E-state index in [1.54, 1.807) is 4.57 Å². The lowest BCUT2D eigenvalue weighted by Crippen LogP contribution is -2.32. The molecule has 2 heterocycles. The highest BCUT2D eigenvalue weighted by Gasteiger charge is 2.19. The Bertz CT molecular complexity index is 998. The second-order valence-electron chi connectivity index (χ2n) is 6.64. The quantitative estimate of drug-likeness (QED) is 0.399. The average Bonchev–Trinajstić information content (AvgIpc) is 3.19. The summed E-state index contributed by atoms with van der Waals surface area (Å²) in [6.07, 6.45) is 0.828. The minimum absolute atomic E-state index is 0.0130. The van der Waals surface area contributed by atoms with E-state index in [2.05, 4.69) is 4.98 Å². The van der Waals surface area contributed by atoms with Gasteiger partial charge in [0, 0.05) is 19.1 Å². The lowest BCUT2D eigenvalue weighted by atomic mass is 10.2. The Morgan fingerprint density at radius 1 is 1.25 bits per heavy atom. The molecule has 5 nitrogen and oxygen atoms in total. The predicted molar refractivity (Wildman–Crippen MR) is 117 cm³/mol. The molecule has 0 aliphatic rings. The number of hydrogen-bond donors (Lipinski definition) is 0. The molecule has 0 saturated carbocycles. The van der Waals surface area contributed by atoms with Crippen LogP contribution in [-0.2, 0) is 11.3 Å². The highest BCUT2D eigenvalue weighted by molar-refractivity contribution is 7.99. The smallest absolute Gasteiger partial charge is 0.272 e. The van der Waals surface area contributed by atoms with Gasteiger partial charge >= 0.3 is 0 Å². The van der Waals surface area contributed by atoms with E-state index in [9.17, 15) is 9.59 Å². The molecule has 0 saturated heterocycles. The van der Waals surface area contributed by atoms with Gasteiger partial charge in [-0.05, 0) is 37.3 Å². The summed E-state index contributed by atoms with van der Waals surface area (Å²) >= 11 is 2.77. The van der Waals surface area contributed by atoms with Crippen molar-refractivity contribution in [2.45, 2.75) is 44.9 Å². The van der Waals surface area contributed by atoms with Crippen LogP contribution in [0.4, 0.5) is 0 Å². The predicted octanol–water partition coefficient (Wildman–Crippen LogP) is 4.57. The zero-order valence-corrected chi connectivity index (χ0v) is 18.1. The minimum Gasteiger partial charge on any atom is -0.338 e. The summed E-state index contributed by atoms with van der Waals surface area (Å²) in [4.78, 5) is 32.2. The van der Waals surface area contributed by atoms with Gasteiger partial charge in [0.05, 0.1) is 11.3 Å². The summed E-state index contributed by atoms with van der Waals surface area (Å²) in [7, 11) is 0. The van der Waals surface area contributed by atoms with Crippen molar-refractivity contribution in [2.75, 3.05) is 12.3 Å². The fraction of sp³-hybridized carbons (Fsp3) is 0.381. The minimum atomic E-state index is -0.0130. The van der Waals surface area contributed by atoms with Crippen molar-refractivity contribution in [3.63, 3.8) is 0 Å². The van der Waals surface area contributed by atoms with Gasteiger partial charge in [0.2, 0.25) is 5.91 Å². The zero-order chi connectivity index (χ0) is 20.1. The van der Waals surface area contributed by atoms with Crippen LogP contribution in [0.5, 0.6) is 0 Å². The molecule has 28 heavy (non-hydrogen) atoms. The van der Waals surface area contributed by atoms with Crippen LogP contribution in [0.25, 0.3) is 10.2 Å². The Labute approximate surface area is 173 Å². The molecular weight excluding hydrogens is 390 g/mol. The molecule has 0 bridgehead atoms. The summed E-state index contributed by atoms with van der Waals surface area (Å²) in [6.45, 7) is 7.28. The molecule has 2 aromatic heterocycles. The maximum absolute atomic E-state index is 12.9. The Kier molecular flexibility index (Phi) is 6.91. The number of aromatic nitrogens is 2. The van der Waals surface area contributed by atoms with Gasteiger partial charge in [0.15, 0.2) is 5.16 Å². The molecule has 3 rings (SSSR count). The van der Waals surface area contributed by atoms with Gasteiger partial charge in [-0.15, -0.1) is 11.3 Å². The largest absolute Gasteiger partial charge is 0.338 e. The Morgan fingerprint density at radius 2 is 2.00 bits per heavy atom. The number of thiophene rings is 1. The van der Waals surface area contributed by atoms with E-state index in [0.29, 0.717) is 28.5 Å². The monoisotopic (exact) mass is 415 g/mol. The fourth-order valence-electron chi connectivity index (χ4n) is 2.97. The normalized spacial score (nSPS) is 12.2. The molecule has 1 atom stereocenters. The lowest BCUT2D eigenvalue weighted by Gasteiger charge is -2.22. The van der Waals surface area contributed by atoms with Gasteiger partial charge in [-0.1, -0.05) is 49.0 Å². The third kappa shape index (κ3) is 4.47. The summed E-state index contributed by atoms with van der Waals surface area (Å²) in [6, 6.07) is 11.9. The molecular formula is C21H25N3O2S2. The number of thioether (sulfide) groups is 1. The Morgan fingerprint density at radius 3 is 2.68 bits per heavy atom. The summed E-state index contributed by atoms with van der Waals surface area (Å²) in [5.41, 5.74) is 1.80. The SMILES string of the molecule is CCC(C)n1c(SCC(=O)N(CC)Cc2ccccc2)nc2ccsc2c1=O. The number of carbonyl (C=O) groups excluding carboxylic acids is 1. The van der Waals surface area contributed by atoms with Crippen molar-refractivity contribution in [3.8, 4) is 0 Å². The number of carbonyl (C=O) groups is 1. The molecule has 0 N–H and O–H groups in total. The first kappa shape index (κ1) is 20.6. The molecule has 3 aromatic rings.